The monoisotopic (exact) mass is 490 g/mol. The normalized spacial score (nSPS) is 16.4. The van der Waals surface area contributed by atoms with Crippen LogP contribution in [0.4, 0.5) is 0 Å². The van der Waals surface area contributed by atoms with E-state index < -0.39 is 0 Å². The minimum absolute atomic E-state index is 0. The molecule has 1 aromatic carbocycles. The highest BCUT2D eigenvalue weighted by molar-refractivity contribution is 14.0. The lowest BCUT2D eigenvalue weighted by Crippen LogP contribution is -2.44. The molecule has 0 radical (unpaired) electrons. The van der Waals surface area contributed by atoms with Crippen LogP contribution in [-0.2, 0) is 9.47 Å². The molecular formula is C20H35IN4O2. The van der Waals surface area contributed by atoms with Gasteiger partial charge < -0.3 is 20.1 Å². The van der Waals surface area contributed by atoms with Gasteiger partial charge in [0.15, 0.2) is 5.96 Å². The molecule has 1 fully saturated rings. The van der Waals surface area contributed by atoms with Gasteiger partial charge in [0.05, 0.1) is 19.3 Å². The molecule has 0 saturated carbocycles. The molecule has 0 aliphatic carbocycles. The molecule has 0 amide bonds. The molecule has 1 heterocycles. The van der Waals surface area contributed by atoms with Gasteiger partial charge in [0.1, 0.15) is 0 Å². The second kappa shape index (κ2) is 15.1. The highest BCUT2D eigenvalue weighted by atomic mass is 127. The molecule has 154 valence electrons. The van der Waals surface area contributed by atoms with Gasteiger partial charge in [-0.3, -0.25) is 9.89 Å². The van der Waals surface area contributed by atoms with Crippen molar-refractivity contribution in [2.24, 2.45) is 4.99 Å². The van der Waals surface area contributed by atoms with Gasteiger partial charge in [-0.2, -0.15) is 0 Å². The van der Waals surface area contributed by atoms with Gasteiger partial charge in [0.2, 0.25) is 0 Å². The smallest absolute Gasteiger partial charge is 0.191 e. The zero-order chi connectivity index (χ0) is 18.5. The van der Waals surface area contributed by atoms with E-state index in [0.717, 1.165) is 64.9 Å². The number of guanidine groups is 1. The van der Waals surface area contributed by atoms with E-state index in [1.807, 2.05) is 18.2 Å². The maximum atomic E-state index is 5.90. The first-order valence-electron chi connectivity index (χ1n) is 9.78. The fraction of sp³-hybridized carbons (Fsp3) is 0.650. The van der Waals surface area contributed by atoms with Crippen LogP contribution < -0.4 is 10.6 Å². The summed E-state index contributed by atoms with van der Waals surface area (Å²) in [4.78, 5) is 7.05. The van der Waals surface area contributed by atoms with Gasteiger partial charge in [-0.25, -0.2) is 0 Å². The van der Waals surface area contributed by atoms with E-state index in [1.165, 1.54) is 5.56 Å². The molecule has 2 N–H and O–H groups in total. The molecule has 1 saturated heterocycles. The Morgan fingerprint density at radius 2 is 1.96 bits per heavy atom. The Morgan fingerprint density at radius 1 is 1.22 bits per heavy atom. The second-order valence-electron chi connectivity index (χ2n) is 6.42. The van der Waals surface area contributed by atoms with Gasteiger partial charge in [-0.05, 0) is 25.8 Å². The number of ether oxygens (including phenoxy) is 2. The molecule has 1 aliphatic heterocycles. The number of hydrogen-bond donors (Lipinski definition) is 2. The first-order valence-corrected chi connectivity index (χ1v) is 9.78. The molecule has 1 unspecified atom stereocenters. The molecule has 27 heavy (non-hydrogen) atoms. The van der Waals surface area contributed by atoms with Crippen molar-refractivity contribution >= 4 is 29.9 Å². The van der Waals surface area contributed by atoms with Crippen LogP contribution in [0.15, 0.2) is 35.3 Å². The number of nitrogens with zero attached hydrogens (tertiary/aromatic N) is 2. The molecule has 1 atom stereocenters. The van der Waals surface area contributed by atoms with Gasteiger partial charge in [-0.1, -0.05) is 30.3 Å². The van der Waals surface area contributed by atoms with Crippen molar-refractivity contribution in [3.05, 3.63) is 35.9 Å². The first kappa shape index (κ1) is 24.1. The zero-order valence-electron chi connectivity index (χ0n) is 16.7. The fourth-order valence-electron chi connectivity index (χ4n) is 2.83. The summed E-state index contributed by atoms with van der Waals surface area (Å²) in [6.45, 7) is 12.2. The Balaban J connectivity index is 0.00000364. The van der Waals surface area contributed by atoms with Gasteiger partial charge in [0.25, 0.3) is 0 Å². The average Bonchev–Trinajstić information content (AvgIpc) is 2.69. The summed E-state index contributed by atoms with van der Waals surface area (Å²) in [5.74, 6) is 0.886. The van der Waals surface area contributed by atoms with Crippen molar-refractivity contribution in [3.63, 3.8) is 0 Å². The van der Waals surface area contributed by atoms with Crippen LogP contribution >= 0.6 is 24.0 Å². The lowest BCUT2D eigenvalue weighted by Gasteiger charge is -2.26. The topological polar surface area (TPSA) is 58.1 Å². The van der Waals surface area contributed by atoms with E-state index in [1.54, 1.807) is 0 Å². The first-order chi connectivity index (χ1) is 12.8. The summed E-state index contributed by atoms with van der Waals surface area (Å²) >= 11 is 0. The standard InChI is InChI=1S/C20H34N4O2.HI/c1-3-21-20(23-11-12-24-13-16-25-17-14-24)22-10-7-15-26-18(2)19-8-5-4-6-9-19;/h4-6,8-9,18H,3,7,10-17H2,1-2H3,(H2,21,22,23);1H. The summed E-state index contributed by atoms with van der Waals surface area (Å²) in [6.07, 6.45) is 1.04. The van der Waals surface area contributed by atoms with Crippen molar-refractivity contribution in [2.75, 3.05) is 59.1 Å². The van der Waals surface area contributed by atoms with E-state index in [2.05, 4.69) is 46.5 Å². The summed E-state index contributed by atoms with van der Waals surface area (Å²) in [5.41, 5.74) is 1.22. The van der Waals surface area contributed by atoms with Gasteiger partial charge >= 0.3 is 0 Å². The third-order valence-corrected chi connectivity index (χ3v) is 4.38. The van der Waals surface area contributed by atoms with Crippen LogP contribution in [0.5, 0.6) is 0 Å². The van der Waals surface area contributed by atoms with Crippen LogP contribution in [0.2, 0.25) is 0 Å². The largest absolute Gasteiger partial charge is 0.379 e. The van der Waals surface area contributed by atoms with E-state index in [4.69, 9.17) is 9.47 Å². The number of benzene rings is 1. The quantitative estimate of drug-likeness (QED) is 0.229. The Labute approximate surface area is 181 Å². The SMILES string of the molecule is CCNC(=NCCCOC(C)c1ccccc1)NCCN1CCOCC1.I. The molecule has 1 aliphatic rings. The van der Waals surface area contributed by atoms with Crippen LogP contribution in [-0.4, -0.2) is 69.9 Å². The molecule has 0 aromatic heterocycles. The van der Waals surface area contributed by atoms with Gasteiger partial charge in [-0.15, -0.1) is 24.0 Å². The molecular weight excluding hydrogens is 455 g/mol. The van der Waals surface area contributed by atoms with E-state index in [-0.39, 0.29) is 30.1 Å². The number of hydrogen-bond acceptors (Lipinski definition) is 4. The number of nitrogens with one attached hydrogen (secondary N) is 2. The van der Waals surface area contributed by atoms with Crippen molar-refractivity contribution in [1.29, 1.82) is 0 Å². The molecule has 7 heteroatoms. The summed E-state index contributed by atoms with van der Waals surface area (Å²) in [7, 11) is 0. The minimum Gasteiger partial charge on any atom is -0.379 e. The highest BCUT2D eigenvalue weighted by Crippen LogP contribution is 2.15. The second-order valence-corrected chi connectivity index (χ2v) is 6.42. The maximum Gasteiger partial charge on any atom is 0.191 e. The predicted octanol–water partition coefficient (Wildman–Crippen LogP) is 2.66. The third kappa shape index (κ3) is 10.3. The molecule has 0 spiro atoms. The minimum atomic E-state index is 0. The summed E-state index contributed by atoms with van der Waals surface area (Å²) in [5, 5.41) is 6.71. The summed E-state index contributed by atoms with van der Waals surface area (Å²) in [6, 6.07) is 10.3. The van der Waals surface area contributed by atoms with Crippen LogP contribution in [0.25, 0.3) is 0 Å². The molecule has 2 rings (SSSR count). The molecule has 6 nitrogen and oxygen atoms in total. The number of halogens is 1. The predicted molar refractivity (Wildman–Crippen MR) is 122 cm³/mol. The van der Waals surface area contributed by atoms with Crippen molar-refractivity contribution in [3.8, 4) is 0 Å². The van der Waals surface area contributed by atoms with E-state index in [0.29, 0.717) is 6.61 Å². The fourth-order valence-corrected chi connectivity index (χ4v) is 2.83. The number of aliphatic imine (C=N–C) groups is 1. The maximum absolute atomic E-state index is 5.90. The van der Waals surface area contributed by atoms with E-state index in [9.17, 15) is 0 Å². The van der Waals surface area contributed by atoms with Crippen LogP contribution in [0, 0.1) is 0 Å². The van der Waals surface area contributed by atoms with Gasteiger partial charge in [0, 0.05) is 45.9 Å². The lowest BCUT2D eigenvalue weighted by molar-refractivity contribution is 0.0389. The molecule has 1 aromatic rings. The Morgan fingerprint density at radius 3 is 2.67 bits per heavy atom. The van der Waals surface area contributed by atoms with Crippen molar-refractivity contribution in [1.82, 2.24) is 15.5 Å². The number of rotatable bonds is 10. The summed E-state index contributed by atoms with van der Waals surface area (Å²) < 4.78 is 11.3. The van der Waals surface area contributed by atoms with Crippen molar-refractivity contribution in [2.45, 2.75) is 26.4 Å². The highest BCUT2D eigenvalue weighted by Gasteiger charge is 2.09. The Kier molecular flexibility index (Phi) is 13.5. The zero-order valence-corrected chi connectivity index (χ0v) is 19.0. The van der Waals surface area contributed by atoms with Crippen LogP contribution in [0.3, 0.4) is 0 Å². The Hall–Kier alpha value is -0.900. The molecule has 0 bridgehead atoms. The third-order valence-electron chi connectivity index (χ3n) is 4.38. The van der Waals surface area contributed by atoms with Crippen molar-refractivity contribution < 1.29 is 9.47 Å². The number of morpholine rings is 1. The lowest BCUT2D eigenvalue weighted by atomic mass is 10.1. The Bertz CT molecular complexity index is 510. The van der Waals surface area contributed by atoms with E-state index >= 15 is 0 Å². The average molecular weight is 490 g/mol. The van der Waals surface area contributed by atoms with Crippen LogP contribution in [0.1, 0.15) is 31.9 Å².